The Balaban J connectivity index is 2.48. The van der Waals surface area contributed by atoms with Crippen LogP contribution in [0.1, 0.15) is 5.56 Å². The van der Waals surface area contributed by atoms with E-state index in [9.17, 15) is 10.1 Å². The van der Waals surface area contributed by atoms with Gasteiger partial charge in [0.2, 0.25) is 0 Å². The average Bonchev–Trinajstić information content (AvgIpc) is 2.47. The van der Waals surface area contributed by atoms with Crippen LogP contribution in [-0.2, 0) is 0 Å². The summed E-state index contributed by atoms with van der Waals surface area (Å²) in [5.74, 6) is 0.500. The van der Waals surface area contributed by atoms with Crippen LogP contribution in [0.4, 0.5) is 5.69 Å². The summed E-state index contributed by atoms with van der Waals surface area (Å²) in [5.41, 5.74) is 6.08. The van der Waals surface area contributed by atoms with Crippen LogP contribution >= 0.6 is 11.8 Å². The molecular weight excluding hydrogens is 290 g/mol. The zero-order valence-corrected chi connectivity index (χ0v) is 12.0. The summed E-state index contributed by atoms with van der Waals surface area (Å²) < 4.78 is 5.15. The molecule has 2 aromatic rings. The van der Waals surface area contributed by atoms with E-state index >= 15 is 0 Å². The molecule has 3 N–H and O–H groups in total. The summed E-state index contributed by atoms with van der Waals surface area (Å²) in [6, 6.07) is 11.5. The number of ether oxygens (including phenoxy) is 1. The van der Waals surface area contributed by atoms with Gasteiger partial charge in [0.1, 0.15) is 11.6 Å². The molecule has 0 aliphatic carbocycles. The van der Waals surface area contributed by atoms with Crippen LogP contribution < -0.4 is 10.5 Å². The molecule has 2 aromatic carbocycles. The van der Waals surface area contributed by atoms with E-state index in [-0.39, 0.29) is 11.5 Å². The van der Waals surface area contributed by atoms with Crippen molar-refractivity contribution in [1.82, 2.24) is 0 Å². The molecule has 0 radical (unpaired) electrons. The molecule has 108 valence electrons. The first-order valence-corrected chi connectivity index (χ1v) is 6.78. The fourth-order valence-corrected chi connectivity index (χ4v) is 2.84. The van der Waals surface area contributed by atoms with E-state index in [2.05, 4.69) is 0 Å². The number of benzene rings is 2. The molecule has 6 nitrogen and oxygen atoms in total. The lowest BCUT2D eigenvalue weighted by atomic mass is 10.2. The molecule has 0 saturated carbocycles. The highest BCUT2D eigenvalue weighted by atomic mass is 32.2. The maximum absolute atomic E-state index is 11.1. The van der Waals surface area contributed by atoms with Gasteiger partial charge < -0.3 is 10.5 Å². The van der Waals surface area contributed by atoms with Crippen molar-refractivity contribution in [2.24, 2.45) is 5.73 Å². The third-order valence-corrected chi connectivity index (χ3v) is 3.88. The van der Waals surface area contributed by atoms with Crippen LogP contribution in [0.3, 0.4) is 0 Å². The molecule has 0 aliphatic rings. The molecule has 0 amide bonds. The van der Waals surface area contributed by atoms with Crippen LogP contribution in [0, 0.1) is 15.5 Å². The largest absolute Gasteiger partial charge is 0.497 e. The Bertz CT molecular complexity index is 704. The number of nitrogens with two attached hydrogens (primary N) is 1. The summed E-state index contributed by atoms with van der Waals surface area (Å²) in [4.78, 5) is 11.7. The summed E-state index contributed by atoms with van der Waals surface area (Å²) >= 11 is 1.18. The van der Waals surface area contributed by atoms with E-state index in [0.29, 0.717) is 21.1 Å². The Morgan fingerprint density at radius 3 is 2.62 bits per heavy atom. The fourth-order valence-electron chi connectivity index (χ4n) is 1.75. The van der Waals surface area contributed by atoms with Crippen molar-refractivity contribution in [1.29, 1.82) is 5.41 Å². The van der Waals surface area contributed by atoms with E-state index in [0.717, 1.165) is 0 Å². The van der Waals surface area contributed by atoms with Gasteiger partial charge in [-0.1, -0.05) is 23.9 Å². The molecule has 0 fully saturated rings. The molecule has 2 rings (SSSR count). The zero-order chi connectivity index (χ0) is 15.4. The van der Waals surface area contributed by atoms with Crippen LogP contribution in [0.5, 0.6) is 5.75 Å². The number of rotatable bonds is 5. The summed E-state index contributed by atoms with van der Waals surface area (Å²) in [7, 11) is 1.53. The van der Waals surface area contributed by atoms with Crippen LogP contribution in [0.15, 0.2) is 52.3 Å². The number of nitrogens with zero attached hydrogens (tertiary/aromatic N) is 1. The summed E-state index contributed by atoms with van der Waals surface area (Å²) in [6.45, 7) is 0. The smallest absolute Gasteiger partial charge is 0.283 e. The van der Waals surface area contributed by atoms with Gasteiger partial charge in [-0.2, -0.15) is 0 Å². The average molecular weight is 303 g/mol. The van der Waals surface area contributed by atoms with Gasteiger partial charge in [0.25, 0.3) is 5.69 Å². The topological polar surface area (TPSA) is 102 Å². The number of methoxy groups -OCH3 is 1. The van der Waals surface area contributed by atoms with Gasteiger partial charge in [-0.3, -0.25) is 15.5 Å². The van der Waals surface area contributed by atoms with Gasteiger partial charge in [0, 0.05) is 16.5 Å². The van der Waals surface area contributed by atoms with E-state index in [1.54, 1.807) is 36.4 Å². The maximum atomic E-state index is 11.1. The lowest BCUT2D eigenvalue weighted by Crippen LogP contribution is -2.12. The molecule has 0 aliphatic heterocycles. The van der Waals surface area contributed by atoms with Crippen molar-refractivity contribution in [2.75, 3.05) is 7.11 Å². The van der Waals surface area contributed by atoms with Gasteiger partial charge in [-0.05, 0) is 24.3 Å². The molecule has 0 heterocycles. The Hall–Kier alpha value is -2.54. The standard InChI is InChI=1S/C14H13N3O3S/c1-20-9-6-7-10(14(15)16)13(8-9)21-12-5-3-2-4-11(12)17(18)19/h2-8H,1H3,(H3,15,16). The molecule has 0 aromatic heterocycles. The Kier molecular flexibility index (Phi) is 4.44. The predicted octanol–water partition coefficient (Wildman–Crippen LogP) is 3.04. The van der Waals surface area contributed by atoms with E-state index in [1.807, 2.05) is 0 Å². The number of amidine groups is 1. The third-order valence-electron chi connectivity index (χ3n) is 2.76. The minimum Gasteiger partial charge on any atom is -0.497 e. The van der Waals surface area contributed by atoms with Crippen molar-refractivity contribution in [3.8, 4) is 5.75 Å². The Morgan fingerprint density at radius 1 is 1.29 bits per heavy atom. The normalized spacial score (nSPS) is 10.1. The van der Waals surface area contributed by atoms with Gasteiger partial charge in [0.05, 0.1) is 16.9 Å². The molecule has 0 saturated heterocycles. The van der Waals surface area contributed by atoms with E-state index in [4.69, 9.17) is 15.9 Å². The molecule has 0 bridgehead atoms. The van der Waals surface area contributed by atoms with Crippen molar-refractivity contribution >= 4 is 23.3 Å². The molecule has 7 heteroatoms. The number of para-hydroxylation sites is 1. The number of hydrogen-bond donors (Lipinski definition) is 2. The molecular formula is C14H13N3O3S. The molecule has 0 unspecified atom stereocenters. The number of nitro groups is 1. The Labute approximate surface area is 125 Å². The quantitative estimate of drug-likeness (QED) is 0.382. The number of hydrogen-bond acceptors (Lipinski definition) is 5. The highest BCUT2D eigenvalue weighted by Gasteiger charge is 2.16. The molecule has 0 spiro atoms. The summed E-state index contributed by atoms with van der Waals surface area (Å²) in [5, 5.41) is 18.7. The highest BCUT2D eigenvalue weighted by Crippen LogP contribution is 2.37. The first-order chi connectivity index (χ1) is 10.0. The predicted molar refractivity (Wildman–Crippen MR) is 81.2 cm³/mol. The van der Waals surface area contributed by atoms with Gasteiger partial charge in [0.15, 0.2) is 0 Å². The molecule has 21 heavy (non-hydrogen) atoms. The third kappa shape index (κ3) is 3.32. The van der Waals surface area contributed by atoms with Crippen LogP contribution in [-0.4, -0.2) is 17.9 Å². The second kappa shape index (κ2) is 6.27. The maximum Gasteiger partial charge on any atom is 0.283 e. The van der Waals surface area contributed by atoms with Gasteiger partial charge in [-0.25, -0.2) is 0 Å². The van der Waals surface area contributed by atoms with Gasteiger partial charge >= 0.3 is 0 Å². The number of nitrogens with one attached hydrogen (secondary N) is 1. The highest BCUT2D eigenvalue weighted by molar-refractivity contribution is 7.99. The lowest BCUT2D eigenvalue weighted by molar-refractivity contribution is -0.387. The van der Waals surface area contributed by atoms with Crippen molar-refractivity contribution in [2.45, 2.75) is 9.79 Å². The van der Waals surface area contributed by atoms with Crippen molar-refractivity contribution in [3.05, 3.63) is 58.1 Å². The lowest BCUT2D eigenvalue weighted by Gasteiger charge is -2.10. The van der Waals surface area contributed by atoms with E-state index < -0.39 is 4.92 Å². The Morgan fingerprint density at radius 2 is 2.00 bits per heavy atom. The van der Waals surface area contributed by atoms with Crippen molar-refractivity contribution < 1.29 is 9.66 Å². The first-order valence-electron chi connectivity index (χ1n) is 5.96. The van der Waals surface area contributed by atoms with Crippen LogP contribution in [0.2, 0.25) is 0 Å². The van der Waals surface area contributed by atoms with Crippen molar-refractivity contribution in [3.63, 3.8) is 0 Å². The first kappa shape index (κ1) is 14.9. The van der Waals surface area contributed by atoms with Gasteiger partial charge in [-0.15, -0.1) is 0 Å². The second-order valence-corrected chi connectivity index (χ2v) is 5.19. The minimum absolute atomic E-state index is 0.0137. The zero-order valence-electron chi connectivity index (χ0n) is 11.2. The van der Waals surface area contributed by atoms with Crippen LogP contribution in [0.25, 0.3) is 0 Å². The fraction of sp³-hybridized carbons (Fsp3) is 0.0714. The minimum atomic E-state index is -0.435. The summed E-state index contributed by atoms with van der Waals surface area (Å²) in [6.07, 6.45) is 0. The molecule has 0 atom stereocenters. The van der Waals surface area contributed by atoms with E-state index in [1.165, 1.54) is 24.9 Å². The number of nitrogen functional groups attached to an aromatic ring is 1. The second-order valence-electron chi connectivity index (χ2n) is 4.10. The SMILES string of the molecule is COc1ccc(C(=N)N)c(Sc2ccccc2[N+](=O)[O-])c1. The monoisotopic (exact) mass is 303 g/mol. The number of nitro benzene ring substituents is 1.